The normalized spacial score (nSPS) is 17.3. The van der Waals surface area contributed by atoms with Crippen LogP contribution in [0.15, 0.2) is 42.6 Å². The maximum atomic E-state index is 12.9. The Morgan fingerprint density at radius 2 is 2.07 bits per heavy atom. The van der Waals surface area contributed by atoms with Gasteiger partial charge in [-0.05, 0) is 30.3 Å². The molecule has 0 spiro atoms. The molecule has 0 radical (unpaired) electrons. The first-order chi connectivity index (χ1) is 12.7. The fourth-order valence-electron chi connectivity index (χ4n) is 2.85. The Hall–Kier alpha value is -2.61. The Morgan fingerprint density at radius 3 is 2.74 bits per heavy atom. The highest BCUT2D eigenvalue weighted by Crippen LogP contribution is 2.36. The van der Waals surface area contributed by atoms with Gasteiger partial charge in [-0.3, -0.25) is 14.6 Å². The van der Waals surface area contributed by atoms with Gasteiger partial charge < -0.3 is 10.2 Å². The van der Waals surface area contributed by atoms with E-state index in [1.54, 1.807) is 24.4 Å². The average Bonchev–Trinajstić information content (AvgIpc) is 2.97. The molecule has 1 atom stereocenters. The van der Waals surface area contributed by atoms with Gasteiger partial charge in [0.15, 0.2) is 0 Å². The van der Waals surface area contributed by atoms with Crippen LogP contribution in [-0.4, -0.2) is 28.2 Å². The Bertz CT molecular complexity index is 859. The molecule has 0 saturated carbocycles. The quantitative estimate of drug-likeness (QED) is 0.854. The second-order valence-electron chi connectivity index (χ2n) is 6.18. The van der Waals surface area contributed by atoms with Crippen molar-refractivity contribution in [2.24, 2.45) is 5.92 Å². The molecule has 0 aliphatic carbocycles. The summed E-state index contributed by atoms with van der Waals surface area (Å²) >= 11 is 5.57. The molecule has 1 aromatic carbocycles. The van der Waals surface area contributed by atoms with E-state index < -0.39 is 28.6 Å². The molecular formula is C18H15ClF3N3O2. The number of hydrogen-bond donors (Lipinski definition) is 1. The van der Waals surface area contributed by atoms with Crippen molar-refractivity contribution < 1.29 is 22.8 Å². The van der Waals surface area contributed by atoms with E-state index >= 15 is 0 Å². The SMILES string of the molecule is O=C(Nc1ccc(Cl)c(C(F)(F)F)c1)C1CC(=O)N(Cc2ccccn2)C1. The molecule has 27 heavy (non-hydrogen) atoms. The van der Waals surface area contributed by atoms with Crippen molar-refractivity contribution in [3.63, 3.8) is 0 Å². The summed E-state index contributed by atoms with van der Waals surface area (Å²) in [6, 6.07) is 8.47. The van der Waals surface area contributed by atoms with Gasteiger partial charge in [0.1, 0.15) is 0 Å². The molecule has 1 fully saturated rings. The number of benzene rings is 1. The number of nitrogens with zero attached hydrogens (tertiary/aromatic N) is 2. The first-order valence-electron chi connectivity index (χ1n) is 8.09. The molecular weight excluding hydrogens is 383 g/mol. The van der Waals surface area contributed by atoms with Gasteiger partial charge in [0.05, 0.1) is 28.7 Å². The summed E-state index contributed by atoms with van der Waals surface area (Å²) in [7, 11) is 0. The molecule has 1 aliphatic heterocycles. The second-order valence-corrected chi connectivity index (χ2v) is 6.59. The maximum absolute atomic E-state index is 12.9. The van der Waals surface area contributed by atoms with Crippen molar-refractivity contribution in [2.75, 3.05) is 11.9 Å². The number of carbonyl (C=O) groups excluding carboxylic acids is 2. The van der Waals surface area contributed by atoms with E-state index in [0.29, 0.717) is 5.69 Å². The lowest BCUT2D eigenvalue weighted by molar-refractivity contribution is -0.137. The van der Waals surface area contributed by atoms with Crippen molar-refractivity contribution in [2.45, 2.75) is 19.1 Å². The summed E-state index contributed by atoms with van der Waals surface area (Å²) in [6.07, 6.45) is -3.02. The maximum Gasteiger partial charge on any atom is 0.417 e. The third kappa shape index (κ3) is 4.57. The van der Waals surface area contributed by atoms with Crippen LogP contribution in [0.25, 0.3) is 0 Å². The fraction of sp³-hybridized carbons (Fsp3) is 0.278. The first kappa shape index (κ1) is 19.2. The Kier molecular flexibility index (Phi) is 5.36. The number of halogens is 4. The minimum absolute atomic E-state index is 0.00160. The Balaban J connectivity index is 1.66. The lowest BCUT2D eigenvalue weighted by Gasteiger charge is -2.16. The number of anilines is 1. The average molecular weight is 398 g/mol. The number of alkyl halides is 3. The molecule has 5 nitrogen and oxygen atoms in total. The van der Waals surface area contributed by atoms with Crippen molar-refractivity contribution in [3.05, 3.63) is 58.9 Å². The molecule has 1 aromatic heterocycles. The summed E-state index contributed by atoms with van der Waals surface area (Å²) in [5.41, 5.74) is -0.354. The van der Waals surface area contributed by atoms with Crippen LogP contribution in [0, 0.1) is 5.92 Å². The minimum atomic E-state index is -4.62. The van der Waals surface area contributed by atoms with E-state index in [1.807, 2.05) is 0 Å². The number of aromatic nitrogens is 1. The van der Waals surface area contributed by atoms with Crippen molar-refractivity contribution in [1.82, 2.24) is 9.88 Å². The third-order valence-electron chi connectivity index (χ3n) is 4.20. The standard InChI is InChI=1S/C18H15ClF3N3O2/c19-15-5-4-12(8-14(15)18(20,21)22)24-17(27)11-7-16(26)25(9-11)10-13-3-1-2-6-23-13/h1-6,8,11H,7,9-10H2,(H,24,27). The molecule has 1 N–H and O–H groups in total. The highest BCUT2D eigenvalue weighted by atomic mass is 35.5. The summed E-state index contributed by atoms with van der Waals surface area (Å²) in [5, 5.41) is 1.99. The zero-order chi connectivity index (χ0) is 19.6. The van der Waals surface area contributed by atoms with Crippen LogP contribution in [0.4, 0.5) is 18.9 Å². The van der Waals surface area contributed by atoms with E-state index in [-0.39, 0.29) is 31.1 Å². The Morgan fingerprint density at radius 1 is 1.30 bits per heavy atom. The van der Waals surface area contributed by atoms with Crippen molar-refractivity contribution >= 4 is 29.1 Å². The van der Waals surface area contributed by atoms with E-state index in [1.165, 1.54) is 11.0 Å². The molecule has 1 saturated heterocycles. The van der Waals surface area contributed by atoms with E-state index in [9.17, 15) is 22.8 Å². The number of amides is 2. The number of pyridine rings is 1. The van der Waals surface area contributed by atoms with Crippen LogP contribution < -0.4 is 5.32 Å². The van der Waals surface area contributed by atoms with Crippen LogP contribution in [0.5, 0.6) is 0 Å². The summed E-state index contributed by atoms with van der Waals surface area (Å²) in [4.78, 5) is 30.2. The van der Waals surface area contributed by atoms with Gasteiger partial charge in [-0.2, -0.15) is 13.2 Å². The van der Waals surface area contributed by atoms with E-state index in [0.717, 1.165) is 12.1 Å². The summed E-state index contributed by atoms with van der Waals surface area (Å²) in [5.74, 6) is -1.36. The van der Waals surface area contributed by atoms with E-state index in [2.05, 4.69) is 10.3 Å². The Labute approximate surface area is 158 Å². The molecule has 2 heterocycles. The molecule has 142 valence electrons. The largest absolute Gasteiger partial charge is 0.417 e. The zero-order valence-corrected chi connectivity index (χ0v) is 14.7. The molecule has 3 rings (SSSR count). The molecule has 2 aromatic rings. The number of hydrogen-bond acceptors (Lipinski definition) is 3. The monoisotopic (exact) mass is 397 g/mol. The highest BCUT2D eigenvalue weighted by molar-refractivity contribution is 6.31. The van der Waals surface area contributed by atoms with Gasteiger partial charge >= 0.3 is 6.18 Å². The predicted octanol–water partition coefficient (Wildman–Crippen LogP) is 3.74. The minimum Gasteiger partial charge on any atom is -0.336 e. The van der Waals surface area contributed by atoms with E-state index in [4.69, 9.17) is 11.6 Å². The fourth-order valence-corrected chi connectivity index (χ4v) is 3.08. The van der Waals surface area contributed by atoms with Crippen LogP contribution in [0.1, 0.15) is 17.7 Å². The number of nitrogens with one attached hydrogen (secondary N) is 1. The third-order valence-corrected chi connectivity index (χ3v) is 4.53. The summed E-state index contributed by atoms with van der Waals surface area (Å²) < 4.78 is 38.8. The zero-order valence-electron chi connectivity index (χ0n) is 14.0. The molecule has 2 amide bonds. The van der Waals surface area contributed by atoms with Gasteiger partial charge in [0.25, 0.3) is 0 Å². The smallest absolute Gasteiger partial charge is 0.336 e. The van der Waals surface area contributed by atoms with Crippen molar-refractivity contribution in [1.29, 1.82) is 0 Å². The van der Waals surface area contributed by atoms with Gasteiger partial charge in [0.2, 0.25) is 11.8 Å². The molecule has 1 unspecified atom stereocenters. The number of carbonyl (C=O) groups is 2. The van der Waals surface area contributed by atoms with Crippen LogP contribution in [0.3, 0.4) is 0 Å². The second kappa shape index (κ2) is 7.56. The van der Waals surface area contributed by atoms with Crippen LogP contribution in [0.2, 0.25) is 5.02 Å². The first-order valence-corrected chi connectivity index (χ1v) is 8.47. The van der Waals surface area contributed by atoms with Gasteiger partial charge in [-0.25, -0.2) is 0 Å². The topological polar surface area (TPSA) is 62.3 Å². The van der Waals surface area contributed by atoms with Crippen LogP contribution in [-0.2, 0) is 22.3 Å². The van der Waals surface area contributed by atoms with Crippen LogP contribution >= 0.6 is 11.6 Å². The molecule has 9 heteroatoms. The molecule has 1 aliphatic rings. The lowest BCUT2D eigenvalue weighted by atomic mass is 10.1. The predicted molar refractivity (Wildman–Crippen MR) is 92.8 cm³/mol. The lowest BCUT2D eigenvalue weighted by Crippen LogP contribution is -2.28. The van der Waals surface area contributed by atoms with Gasteiger partial charge in [-0.1, -0.05) is 17.7 Å². The number of likely N-dealkylation sites (tertiary alicyclic amines) is 1. The van der Waals surface area contributed by atoms with Crippen molar-refractivity contribution in [3.8, 4) is 0 Å². The molecule has 0 bridgehead atoms. The number of rotatable bonds is 4. The van der Waals surface area contributed by atoms with Gasteiger partial charge in [0, 0.05) is 24.8 Å². The summed E-state index contributed by atoms with van der Waals surface area (Å²) in [6.45, 7) is 0.462. The highest BCUT2D eigenvalue weighted by Gasteiger charge is 2.36. The van der Waals surface area contributed by atoms with Gasteiger partial charge in [-0.15, -0.1) is 0 Å².